The summed E-state index contributed by atoms with van der Waals surface area (Å²) in [5, 5.41) is 0. The molecule has 0 unspecified atom stereocenters. The molecule has 0 aromatic carbocycles. The number of carbonyl (C=O) groups excluding carboxylic acids is 1. The summed E-state index contributed by atoms with van der Waals surface area (Å²) in [6.07, 6.45) is 2.20. The first kappa shape index (κ1) is 12.6. The fraction of sp³-hybridized carbons (Fsp3) is 0.615. The fourth-order valence-electron chi connectivity index (χ4n) is 2.27. The van der Waals surface area contributed by atoms with Gasteiger partial charge in [0.05, 0.1) is 5.56 Å². The summed E-state index contributed by atoms with van der Waals surface area (Å²) in [7, 11) is 1.91. The van der Waals surface area contributed by atoms with E-state index in [1.807, 2.05) is 43.6 Å². The third kappa shape index (κ3) is 2.68. The van der Waals surface area contributed by atoms with Crippen LogP contribution in [-0.2, 0) is 0 Å². The lowest BCUT2D eigenvalue weighted by Crippen LogP contribution is -2.39. The molecule has 1 aromatic rings. The minimum Gasteiger partial charge on any atom is -0.466 e. The topological polar surface area (TPSA) is 33.5 Å². The Morgan fingerprint density at radius 3 is 2.59 bits per heavy atom. The fourth-order valence-corrected chi connectivity index (χ4v) is 3.35. The van der Waals surface area contributed by atoms with E-state index in [4.69, 9.17) is 4.42 Å². The van der Waals surface area contributed by atoms with Crippen LogP contribution >= 0.6 is 11.8 Å². The minimum absolute atomic E-state index is 0.0938. The summed E-state index contributed by atoms with van der Waals surface area (Å²) < 4.78 is 5.42. The summed E-state index contributed by atoms with van der Waals surface area (Å²) >= 11 is 1.97. The van der Waals surface area contributed by atoms with E-state index in [0.29, 0.717) is 11.6 Å². The van der Waals surface area contributed by atoms with E-state index in [0.717, 1.165) is 35.9 Å². The van der Waals surface area contributed by atoms with Gasteiger partial charge in [0.1, 0.15) is 11.5 Å². The number of nitrogens with zero attached hydrogens (tertiary/aromatic N) is 1. The molecule has 4 heteroatoms. The summed E-state index contributed by atoms with van der Waals surface area (Å²) in [5.74, 6) is 3.94. The molecular formula is C13H19NO2S. The molecule has 0 saturated carbocycles. The second-order valence-electron chi connectivity index (χ2n) is 4.59. The Hall–Kier alpha value is -0.900. The standard InChI is InChI=1S/C13H19NO2S/c1-9-8-12(10(2)16-9)13(15)14(3)11-4-6-17-7-5-11/h8,11H,4-7H2,1-3H3. The van der Waals surface area contributed by atoms with Crippen LogP contribution in [0, 0.1) is 13.8 Å². The van der Waals surface area contributed by atoms with Crippen LogP contribution in [0.15, 0.2) is 10.5 Å². The molecule has 0 atom stereocenters. The molecule has 1 fully saturated rings. The van der Waals surface area contributed by atoms with E-state index in [2.05, 4.69) is 0 Å². The highest BCUT2D eigenvalue weighted by molar-refractivity contribution is 7.99. The Bertz CT molecular complexity index is 408. The Morgan fingerprint density at radius 1 is 1.41 bits per heavy atom. The van der Waals surface area contributed by atoms with Gasteiger partial charge in [-0.05, 0) is 44.3 Å². The highest BCUT2D eigenvalue weighted by Crippen LogP contribution is 2.23. The van der Waals surface area contributed by atoms with Gasteiger partial charge < -0.3 is 9.32 Å². The largest absolute Gasteiger partial charge is 0.466 e. The van der Waals surface area contributed by atoms with E-state index in [9.17, 15) is 4.79 Å². The van der Waals surface area contributed by atoms with Crippen molar-refractivity contribution in [3.05, 3.63) is 23.2 Å². The predicted octanol–water partition coefficient (Wildman–Crippen LogP) is 2.86. The second kappa shape index (κ2) is 5.17. The number of aryl methyl sites for hydroxylation is 2. The Balaban J connectivity index is 2.11. The van der Waals surface area contributed by atoms with Gasteiger partial charge in [-0.2, -0.15) is 11.8 Å². The van der Waals surface area contributed by atoms with Gasteiger partial charge in [0.15, 0.2) is 0 Å². The molecule has 2 heterocycles. The number of rotatable bonds is 2. The van der Waals surface area contributed by atoms with Gasteiger partial charge in [0.2, 0.25) is 0 Å². The number of hydrogen-bond acceptors (Lipinski definition) is 3. The smallest absolute Gasteiger partial charge is 0.257 e. The lowest BCUT2D eigenvalue weighted by Gasteiger charge is -2.30. The summed E-state index contributed by atoms with van der Waals surface area (Å²) in [6.45, 7) is 3.73. The molecule has 1 aliphatic heterocycles. The molecular weight excluding hydrogens is 234 g/mol. The quantitative estimate of drug-likeness (QED) is 0.812. The van der Waals surface area contributed by atoms with Crippen molar-refractivity contribution in [1.29, 1.82) is 0 Å². The van der Waals surface area contributed by atoms with E-state index in [-0.39, 0.29) is 5.91 Å². The molecule has 17 heavy (non-hydrogen) atoms. The summed E-state index contributed by atoms with van der Waals surface area (Å²) in [4.78, 5) is 14.2. The maximum Gasteiger partial charge on any atom is 0.257 e. The van der Waals surface area contributed by atoms with Crippen LogP contribution in [0.4, 0.5) is 0 Å². The Labute approximate surface area is 107 Å². The third-order valence-electron chi connectivity index (χ3n) is 3.33. The van der Waals surface area contributed by atoms with Crippen LogP contribution < -0.4 is 0 Å². The van der Waals surface area contributed by atoms with Crippen LogP contribution in [0.3, 0.4) is 0 Å². The first-order valence-corrected chi connectivity index (χ1v) is 7.17. The molecule has 0 spiro atoms. The lowest BCUT2D eigenvalue weighted by molar-refractivity contribution is 0.0722. The minimum atomic E-state index is 0.0938. The van der Waals surface area contributed by atoms with Gasteiger partial charge in [-0.15, -0.1) is 0 Å². The first-order chi connectivity index (χ1) is 8.09. The number of hydrogen-bond donors (Lipinski definition) is 0. The summed E-state index contributed by atoms with van der Waals surface area (Å²) in [5.41, 5.74) is 0.711. The molecule has 1 amide bonds. The van der Waals surface area contributed by atoms with Gasteiger partial charge in [-0.3, -0.25) is 4.79 Å². The van der Waals surface area contributed by atoms with Crippen molar-refractivity contribution in [1.82, 2.24) is 4.90 Å². The molecule has 0 aliphatic carbocycles. The van der Waals surface area contributed by atoms with E-state index in [1.54, 1.807) is 0 Å². The van der Waals surface area contributed by atoms with Crippen LogP contribution in [-0.4, -0.2) is 35.4 Å². The predicted molar refractivity (Wildman–Crippen MR) is 70.6 cm³/mol. The molecule has 0 bridgehead atoms. The molecule has 94 valence electrons. The van der Waals surface area contributed by atoms with Crippen LogP contribution in [0.25, 0.3) is 0 Å². The molecule has 3 nitrogen and oxygen atoms in total. The highest BCUT2D eigenvalue weighted by atomic mass is 32.2. The van der Waals surface area contributed by atoms with Crippen molar-refractivity contribution in [2.75, 3.05) is 18.6 Å². The van der Waals surface area contributed by atoms with Crippen molar-refractivity contribution in [3.63, 3.8) is 0 Å². The maximum atomic E-state index is 12.3. The second-order valence-corrected chi connectivity index (χ2v) is 5.81. The molecule has 2 rings (SSSR count). The zero-order chi connectivity index (χ0) is 12.4. The number of carbonyl (C=O) groups is 1. The molecule has 0 radical (unpaired) electrons. The van der Waals surface area contributed by atoms with Gasteiger partial charge in [0, 0.05) is 13.1 Å². The zero-order valence-electron chi connectivity index (χ0n) is 10.7. The molecule has 1 aliphatic rings. The van der Waals surface area contributed by atoms with Crippen molar-refractivity contribution in [3.8, 4) is 0 Å². The van der Waals surface area contributed by atoms with E-state index in [1.165, 1.54) is 0 Å². The lowest BCUT2D eigenvalue weighted by atomic mass is 10.1. The van der Waals surface area contributed by atoms with Crippen LogP contribution in [0.1, 0.15) is 34.7 Å². The van der Waals surface area contributed by atoms with Crippen molar-refractivity contribution in [2.45, 2.75) is 32.7 Å². The van der Waals surface area contributed by atoms with Crippen molar-refractivity contribution < 1.29 is 9.21 Å². The number of thioether (sulfide) groups is 1. The average Bonchev–Trinajstić information content (AvgIpc) is 2.68. The third-order valence-corrected chi connectivity index (χ3v) is 4.38. The van der Waals surface area contributed by atoms with E-state index < -0.39 is 0 Å². The van der Waals surface area contributed by atoms with Crippen molar-refractivity contribution >= 4 is 17.7 Å². The van der Waals surface area contributed by atoms with E-state index >= 15 is 0 Å². The molecule has 1 aromatic heterocycles. The normalized spacial score (nSPS) is 17.1. The van der Waals surface area contributed by atoms with Gasteiger partial charge in [0.25, 0.3) is 5.91 Å². The first-order valence-electron chi connectivity index (χ1n) is 6.01. The van der Waals surface area contributed by atoms with Crippen LogP contribution in [0.2, 0.25) is 0 Å². The monoisotopic (exact) mass is 253 g/mol. The number of amides is 1. The zero-order valence-corrected chi connectivity index (χ0v) is 11.5. The highest BCUT2D eigenvalue weighted by Gasteiger charge is 2.25. The SMILES string of the molecule is Cc1cc(C(=O)N(C)C2CCSCC2)c(C)o1. The molecule has 0 N–H and O–H groups in total. The van der Waals surface area contributed by atoms with Gasteiger partial charge >= 0.3 is 0 Å². The van der Waals surface area contributed by atoms with Gasteiger partial charge in [-0.25, -0.2) is 0 Å². The Kier molecular flexibility index (Phi) is 3.82. The summed E-state index contributed by atoms with van der Waals surface area (Å²) in [6, 6.07) is 2.23. The average molecular weight is 253 g/mol. The maximum absolute atomic E-state index is 12.3. The molecule has 1 saturated heterocycles. The van der Waals surface area contributed by atoms with Crippen molar-refractivity contribution in [2.24, 2.45) is 0 Å². The number of furan rings is 1. The Morgan fingerprint density at radius 2 is 2.06 bits per heavy atom. The van der Waals surface area contributed by atoms with Gasteiger partial charge in [-0.1, -0.05) is 0 Å². The van der Waals surface area contributed by atoms with Crippen LogP contribution in [0.5, 0.6) is 0 Å².